The monoisotopic (exact) mass is 219 g/mol. The highest BCUT2D eigenvalue weighted by molar-refractivity contribution is 6.03. The van der Waals surface area contributed by atoms with E-state index in [1.165, 1.54) is 6.92 Å². The lowest BCUT2D eigenvalue weighted by Crippen LogP contribution is -2.45. The molecule has 0 saturated carbocycles. The van der Waals surface area contributed by atoms with Crippen molar-refractivity contribution in [3.05, 3.63) is 35.9 Å². The fourth-order valence-corrected chi connectivity index (χ4v) is 1.73. The number of rotatable bonds is 1. The molecule has 16 heavy (non-hydrogen) atoms. The largest absolute Gasteiger partial charge is 0.369 e. The molecule has 2 rings (SSSR count). The van der Waals surface area contributed by atoms with Crippen molar-refractivity contribution >= 4 is 11.7 Å². The predicted molar refractivity (Wildman–Crippen MR) is 59.6 cm³/mol. The molecule has 1 aromatic carbocycles. The molecule has 5 nitrogen and oxygen atoms in total. The molecule has 0 saturated heterocycles. The fraction of sp³-hybridized carbons (Fsp3) is 0.273. The van der Waals surface area contributed by atoms with E-state index in [4.69, 9.17) is 5.73 Å². The van der Waals surface area contributed by atoms with Gasteiger partial charge < -0.3 is 10.8 Å². The summed E-state index contributed by atoms with van der Waals surface area (Å²) in [5.41, 5.74) is 5.34. The molecule has 1 heterocycles. The van der Waals surface area contributed by atoms with Crippen molar-refractivity contribution in [2.75, 3.05) is 0 Å². The average molecular weight is 219 g/mol. The molecule has 3 N–H and O–H groups in total. The Morgan fingerprint density at radius 1 is 1.50 bits per heavy atom. The van der Waals surface area contributed by atoms with Crippen molar-refractivity contribution in [1.82, 2.24) is 5.01 Å². The highest BCUT2D eigenvalue weighted by Gasteiger charge is 2.39. The van der Waals surface area contributed by atoms with E-state index in [1.54, 1.807) is 0 Å². The van der Waals surface area contributed by atoms with Crippen LogP contribution >= 0.6 is 0 Å². The van der Waals surface area contributed by atoms with Gasteiger partial charge in [0.05, 0.1) is 5.71 Å². The number of hydrogen-bond donors (Lipinski definition) is 2. The van der Waals surface area contributed by atoms with E-state index in [9.17, 15) is 9.90 Å². The minimum absolute atomic E-state index is 0.278. The van der Waals surface area contributed by atoms with Crippen molar-refractivity contribution in [2.24, 2.45) is 10.8 Å². The van der Waals surface area contributed by atoms with Gasteiger partial charge in [0, 0.05) is 6.42 Å². The van der Waals surface area contributed by atoms with Crippen LogP contribution in [0.2, 0.25) is 0 Å². The number of urea groups is 1. The lowest BCUT2D eigenvalue weighted by atomic mass is 10.0. The Labute approximate surface area is 93.2 Å². The number of primary amides is 1. The lowest BCUT2D eigenvalue weighted by Gasteiger charge is -2.24. The quantitative estimate of drug-likeness (QED) is 0.735. The standard InChI is InChI=1S/C11H13N3O2/c1-11(16)7-9(13-14(11)10(12)15)8-5-3-2-4-6-8/h2-6,16H,7H2,1H3,(H2,12,15). The Morgan fingerprint density at radius 3 is 2.62 bits per heavy atom. The van der Waals surface area contributed by atoms with Gasteiger partial charge in [-0.3, -0.25) is 0 Å². The van der Waals surface area contributed by atoms with Gasteiger partial charge in [-0.25, -0.2) is 4.79 Å². The molecular weight excluding hydrogens is 206 g/mol. The van der Waals surface area contributed by atoms with Gasteiger partial charge >= 0.3 is 6.03 Å². The minimum Gasteiger partial charge on any atom is -0.369 e. The molecule has 5 heteroatoms. The highest BCUT2D eigenvalue weighted by Crippen LogP contribution is 2.26. The van der Waals surface area contributed by atoms with Crippen LogP contribution in [0.3, 0.4) is 0 Å². The van der Waals surface area contributed by atoms with Crippen LogP contribution in [0.5, 0.6) is 0 Å². The van der Waals surface area contributed by atoms with E-state index < -0.39 is 11.8 Å². The zero-order valence-corrected chi connectivity index (χ0v) is 8.92. The summed E-state index contributed by atoms with van der Waals surface area (Å²) in [6, 6.07) is 8.64. The van der Waals surface area contributed by atoms with Gasteiger partial charge in [-0.15, -0.1) is 0 Å². The number of hydrogen-bond acceptors (Lipinski definition) is 3. The van der Waals surface area contributed by atoms with Gasteiger partial charge in [0.2, 0.25) is 0 Å². The summed E-state index contributed by atoms with van der Waals surface area (Å²) in [7, 11) is 0. The summed E-state index contributed by atoms with van der Waals surface area (Å²) in [6.45, 7) is 1.51. The highest BCUT2D eigenvalue weighted by atomic mass is 16.3. The van der Waals surface area contributed by atoms with Crippen LogP contribution in [-0.4, -0.2) is 27.6 Å². The Kier molecular flexibility index (Phi) is 2.40. The molecule has 2 amide bonds. The molecule has 0 fully saturated rings. The van der Waals surface area contributed by atoms with Crippen molar-refractivity contribution in [2.45, 2.75) is 19.1 Å². The van der Waals surface area contributed by atoms with Crippen molar-refractivity contribution < 1.29 is 9.90 Å². The second kappa shape index (κ2) is 3.61. The van der Waals surface area contributed by atoms with Crippen LogP contribution in [0.15, 0.2) is 35.4 Å². The Hall–Kier alpha value is -1.88. The molecule has 1 atom stereocenters. The second-order valence-corrected chi connectivity index (χ2v) is 3.96. The number of carbonyl (C=O) groups is 1. The summed E-state index contributed by atoms with van der Waals surface area (Å²) in [5, 5.41) is 14.9. The van der Waals surface area contributed by atoms with E-state index in [-0.39, 0.29) is 6.42 Å². The van der Waals surface area contributed by atoms with Crippen LogP contribution in [-0.2, 0) is 0 Å². The lowest BCUT2D eigenvalue weighted by molar-refractivity contribution is -0.0448. The second-order valence-electron chi connectivity index (χ2n) is 3.96. The van der Waals surface area contributed by atoms with Crippen molar-refractivity contribution in [3.8, 4) is 0 Å². The topological polar surface area (TPSA) is 78.9 Å². The summed E-state index contributed by atoms with van der Waals surface area (Å²) >= 11 is 0. The van der Waals surface area contributed by atoms with Crippen molar-refractivity contribution in [1.29, 1.82) is 0 Å². The number of nitrogens with zero attached hydrogens (tertiary/aromatic N) is 2. The van der Waals surface area contributed by atoms with Crippen LogP contribution < -0.4 is 5.73 Å². The SMILES string of the molecule is CC1(O)CC(c2ccccc2)=NN1C(N)=O. The zero-order valence-electron chi connectivity index (χ0n) is 8.92. The molecular formula is C11H13N3O2. The van der Waals surface area contributed by atoms with Gasteiger partial charge in [-0.2, -0.15) is 10.1 Å². The molecule has 0 aliphatic carbocycles. The minimum atomic E-state index is -1.34. The van der Waals surface area contributed by atoms with E-state index in [2.05, 4.69) is 5.10 Å². The Balaban J connectivity index is 2.33. The third-order valence-corrected chi connectivity index (χ3v) is 2.50. The van der Waals surface area contributed by atoms with Crippen LogP contribution in [0, 0.1) is 0 Å². The van der Waals surface area contributed by atoms with Gasteiger partial charge in [0.1, 0.15) is 0 Å². The fourth-order valence-electron chi connectivity index (χ4n) is 1.73. The first-order valence-corrected chi connectivity index (χ1v) is 4.96. The van der Waals surface area contributed by atoms with E-state index >= 15 is 0 Å². The first kappa shape index (κ1) is 10.6. The number of amides is 2. The van der Waals surface area contributed by atoms with Gasteiger partial charge in [0.25, 0.3) is 0 Å². The summed E-state index contributed by atoms with van der Waals surface area (Å²) in [6.07, 6.45) is 0.278. The number of nitrogens with two attached hydrogens (primary N) is 1. The normalized spacial score (nSPS) is 24.4. The predicted octanol–water partition coefficient (Wildman–Crippen LogP) is 0.884. The Morgan fingerprint density at radius 2 is 2.12 bits per heavy atom. The molecule has 0 spiro atoms. The molecule has 1 unspecified atom stereocenters. The molecule has 0 radical (unpaired) electrons. The van der Waals surface area contributed by atoms with E-state index in [1.807, 2.05) is 30.3 Å². The van der Waals surface area contributed by atoms with E-state index in [0.29, 0.717) is 5.71 Å². The van der Waals surface area contributed by atoms with E-state index in [0.717, 1.165) is 10.6 Å². The maximum Gasteiger partial charge on any atom is 0.337 e. The number of benzene rings is 1. The summed E-state index contributed by atoms with van der Waals surface area (Å²) in [4.78, 5) is 11.1. The molecule has 0 bridgehead atoms. The molecule has 0 aromatic heterocycles. The maximum absolute atomic E-state index is 11.1. The van der Waals surface area contributed by atoms with Crippen LogP contribution in [0.1, 0.15) is 18.9 Å². The van der Waals surface area contributed by atoms with Gasteiger partial charge in [-0.05, 0) is 12.5 Å². The smallest absolute Gasteiger partial charge is 0.337 e. The maximum atomic E-state index is 11.1. The number of carbonyl (C=O) groups excluding carboxylic acids is 1. The third-order valence-electron chi connectivity index (χ3n) is 2.50. The van der Waals surface area contributed by atoms with Crippen LogP contribution in [0.4, 0.5) is 4.79 Å². The molecule has 1 aliphatic rings. The van der Waals surface area contributed by atoms with Gasteiger partial charge in [0.15, 0.2) is 5.72 Å². The molecule has 1 aromatic rings. The van der Waals surface area contributed by atoms with Gasteiger partial charge in [-0.1, -0.05) is 30.3 Å². The zero-order chi connectivity index (χ0) is 11.8. The van der Waals surface area contributed by atoms with Crippen LogP contribution in [0.25, 0.3) is 0 Å². The Bertz CT molecular complexity index is 440. The third kappa shape index (κ3) is 1.77. The molecule has 1 aliphatic heterocycles. The van der Waals surface area contributed by atoms with Crippen molar-refractivity contribution in [3.63, 3.8) is 0 Å². The molecule has 84 valence electrons. The number of hydrazone groups is 1. The average Bonchev–Trinajstić information content (AvgIpc) is 2.56. The first-order valence-electron chi connectivity index (χ1n) is 4.96. The first-order chi connectivity index (χ1) is 7.50. The summed E-state index contributed by atoms with van der Waals surface area (Å²) in [5.74, 6) is 0. The summed E-state index contributed by atoms with van der Waals surface area (Å²) < 4.78 is 0. The number of aliphatic hydroxyl groups is 1.